The normalized spacial score (nSPS) is 14.7. The fraction of sp³-hybridized carbons (Fsp3) is 0.0909. The maximum atomic E-state index is 14.1. The van der Waals surface area contributed by atoms with Crippen molar-refractivity contribution in [2.45, 2.75) is 6.42 Å². The molecular weight excluding hydrogens is 538 g/mol. The highest BCUT2D eigenvalue weighted by Crippen LogP contribution is 2.31. The predicted octanol–water partition coefficient (Wildman–Crippen LogP) is 6.29. The van der Waals surface area contributed by atoms with E-state index in [2.05, 4.69) is 4.98 Å². The van der Waals surface area contributed by atoms with Gasteiger partial charge < -0.3 is 4.98 Å². The fourth-order valence-electron chi connectivity index (χ4n) is 5.14. The Kier molecular flexibility index (Phi) is 7.14. The number of carbonyl (C=O) groups excluding carboxylic acids is 3. The number of benzene rings is 4. The second-order valence-electron chi connectivity index (χ2n) is 9.76. The maximum Gasteiger partial charge on any atom is 0.342 e. The molecule has 7 nitrogen and oxygen atoms in total. The number of anilines is 2. The molecule has 4 aromatic carbocycles. The van der Waals surface area contributed by atoms with Crippen molar-refractivity contribution in [1.82, 2.24) is 4.98 Å². The minimum atomic E-state index is -1.49. The first-order valence-electron chi connectivity index (χ1n) is 13.3. The molecule has 0 aliphatic carbocycles. The molecular formula is C33H24F2N4O3. The van der Waals surface area contributed by atoms with Crippen LogP contribution in [0.4, 0.5) is 25.0 Å². The van der Waals surface area contributed by atoms with E-state index in [0.717, 1.165) is 20.9 Å². The molecule has 5 aromatic rings. The van der Waals surface area contributed by atoms with Crippen molar-refractivity contribution in [2.24, 2.45) is 10.9 Å². The number of urea groups is 1. The van der Waals surface area contributed by atoms with Gasteiger partial charge in [-0.3, -0.25) is 14.6 Å². The SMILES string of the molecule is O=C1C(C(=NCCc2c[nH]c3ccc(F)cc23)c2ccc(F)cc2)C(=O)N(c2ccccc2)C(=O)N1c1ccccc1. The zero-order valence-corrected chi connectivity index (χ0v) is 22.2. The smallest absolute Gasteiger partial charge is 0.342 e. The van der Waals surface area contributed by atoms with Crippen molar-refractivity contribution in [1.29, 1.82) is 0 Å². The van der Waals surface area contributed by atoms with Gasteiger partial charge in [-0.1, -0.05) is 48.5 Å². The van der Waals surface area contributed by atoms with Crippen LogP contribution in [0.5, 0.6) is 0 Å². The Morgan fingerprint density at radius 2 is 1.31 bits per heavy atom. The van der Waals surface area contributed by atoms with Crippen molar-refractivity contribution in [3.8, 4) is 0 Å². The number of nitrogens with one attached hydrogen (secondary N) is 1. The van der Waals surface area contributed by atoms with E-state index in [1.807, 2.05) is 0 Å². The molecule has 0 bridgehead atoms. The number of nitrogens with zero attached hydrogens (tertiary/aromatic N) is 3. The second kappa shape index (κ2) is 11.2. The molecule has 1 aromatic heterocycles. The number of aromatic nitrogens is 1. The summed E-state index contributed by atoms with van der Waals surface area (Å²) in [5.74, 6) is -3.88. The number of amides is 4. The lowest BCUT2D eigenvalue weighted by Crippen LogP contribution is -2.62. The van der Waals surface area contributed by atoms with Crippen molar-refractivity contribution in [3.05, 3.63) is 132 Å². The minimum Gasteiger partial charge on any atom is -0.361 e. The van der Waals surface area contributed by atoms with Gasteiger partial charge in [0.25, 0.3) is 11.8 Å². The van der Waals surface area contributed by atoms with E-state index in [4.69, 9.17) is 4.99 Å². The number of imide groups is 2. The molecule has 1 saturated heterocycles. The zero-order valence-electron chi connectivity index (χ0n) is 22.2. The van der Waals surface area contributed by atoms with Gasteiger partial charge in [0.2, 0.25) is 0 Å². The highest BCUT2D eigenvalue weighted by molar-refractivity contribution is 6.43. The Labute approximate surface area is 239 Å². The molecule has 9 heteroatoms. The summed E-state index contributed by atoms with van der Waals surface area (Å²) in [5, 5.41) is 0.703. The summed E-state index contributed by atoms with van der Waals surface area (Å²) < 4.78 is 27.8. The summed E-state index contributed by atoms with van der Waals surface area (Å²) in [5.41, 5.74) is 2.63. The lowest BCUT2D eigenvalue weighted by atomic mass is 9.91. The number of H-pyrrole nitrogens is 1. The number of hydrogen-bond donors (Lipinski definition) is 1. The number of aromatic amines is 1. The summed E-state index contributed by atoms with van der Waals surface area (Å²) in [6.07, 6.45) is 2.13. The molecule has 1 fully saturated rings. The van der Waals surface area contributed by atoms with Gasteiger partial charge in [-0.25, -0.2) is 23.4 Å². The van der Waals surface area contributed by atoms with Crippen molar-refractivity contribution in [2.75, 3.05) is 16.3 Å². The third-order valence-corrected chi connectivity index (χ3v) is 7.15. The number of barbiturate groups is 1. The van der Waals surface area contributed by atoms with Crippen LogP contribution in [0.2, 0.25) is 0 Å². The van der Waals surface area contributed by atoms with Gasteiger partial charge in [-0.2, -0.15) is 0 Å². The third-order valence-electron chi connectivity index (χ3n) is 7.15. The molecule has 0 unspecified atom stereocenters. The Balaban J connectivity index is 1.44. The monoisotopic (exact) mass is 562 g/mol. The topological polar surface area (TPSA) is 85.8 Å². The molecule has 208 valence electrons. The summed E-state index contributed by atoms with van der Waals surface area (Å²) in [6, 6.07) is 25.7. The molecule has 4 amide bonds. The first-order valence-corrected chi connectivity index (χ1v) is 13.3. The van der Waals surface area contributed by atoms with Crippen LogP contribution in [-0.2, 0) is 16.0 Å². The van der Waals surface area contributed by atoms with E-state index in [-0.39, 0.29) is 18.1 Å². The summed E-state index contributed by atoms with van der Waals surface area (Å²) in [6.45, 7) is 0.137. The summed E-state index contributed by atoms with van der Waals surface area (Å²) in [7, 11) is 0. The molecule has 0 atom stereocenters. The number of fused-ring (bicyclic) bond motifs is 1. The summed E-state index contributed by atoms with van der Waals surface area (Å²) >= 11 is 0. The average Bonchev–Trinajstić information content (AvgIpc) is 3.40. The number of carbonyl (C=O) groups is 3. The molecule has 0 spiro atoms. The van der Waals surface area contributed by atoms with E-state index in [9.17, 15) is 23.2 Å². The lowest BCUT2D eigenvalue weighted by molar-refractivity contribution is -0.129. The van der Waals surface area contributed by atoms with Gasteiger partial charge in [-0.15, -0.1) is 0 Å². The molecule has 6 rings (SSSR count). The second-order valence-corrected chi connectivity index (χ2v) is 9.76. The highest BCUT2D eigenvalue weighted by Gasteiger charge is 2.49. The van der Waals surface area contributed by atoms with Gasteiger partial charge in [0.15, 0.2) is 5.92 Å². The Morgan fingerprint density at radius 1 is 0.738 bits per heavy atom. The first kappa shape index (κ1) is 26.8. The van der Waals surface area contributed by atoms with E-state index in [1.165, 1.54) is 36.4 Å². The third kappa shape index (κ3) is 4.96. The van der Waals surface area contributed by atoms with Gasteiger partial charge in [0.1, 0.15) is 11.6 Å². The molecule has 1 aliphatic heterocycles. The number of para-hydroxylation sites is 2. The maximum absolute atomic E-state index is 14.1. The molecule has 0 radical (unpaired) electrons. The molecule has 1 aliphatic rings. The van der Waals surface area contributed by atoms with Gasteiger partial charge >= 0.3 is 6.03 Å². The van der Waals surface area contributed by atoms with Crippen molar-refractivity contribution < 1.29 is 23.2 Å². The van der Waals surface area contributed by atoms with Crippen LogP contribution in [0.1, 0.15) is 11.1 Å². The van der Waals surface area contributed by atoms with E-state index in [1.54, 1.807) is 72.9 Å². The van der Waals surface area contributed by atoms with E-state index in [0.29, 0.717) is 28.7 Å². The van der Waals surface area contributed by atoms with Crippen LogP contribution >= 0.6 is 0 Å². The van der Waals surface area contributed by atoms with Crippen LogP contribution in [0, 0.1) is 17.6 Å². The first-order chi connectivity index (χ1) is 20.4. The van der Waals surface area contributed by atoms with E-state index < -0.39 is 29.6 Å². The largest absolute Gasteiger partial charge is 0.361 e. The molecule has 0 saturated carbocycles. The Bertz CT molecular complexity index is 1760. The lowest BCUT2D eigenvalue weighted by Gasteiger charge is -2.37. The Hall–Kier alpha value is -5.44. The van der Waals surface area contributed by atoms with Crippen molar-refractivity contribution >= 4 is 45.8 Å². The van der Waals surface area contributed by atoms with Crippen LogP contribution in [0.3, 0.4) is 0 Å². The Morgan fingerprint density at radius 3 is 1.90 bits per heavy atom. The van der Waals surface area contributed by atoms with Gasteiger partial charge in [-0.05, 0) is 72.1 Å². The predicted molar refractivity (Wildman–Crippen MR) is 157 cm³/mol. The zero-order chi connectivity index (χ0) is 29.2. The molecule has 1 N–H and O–H groups in total. The average molecular weight is 563 g/mol. The highest BCUT2D eigenvalue weighted by atomic mass is 19.1. The number of hydrogen-bond acceptors (Lipinski definition) is 4. The van der Waals surface area contributed by atoms with Crippen LogP contribution in [0.25, 0.3) is 10.9 Å². The number of aliphatic imine (C=N–C) groups is 1. The summed E-state index contributed by atoms with van der Waals surface area (Å²) in [4.78, 5) is 51.6. The number of rotatable bonds is 7. The van der Waals surface area contributed by atoms with Crippen molar-refractivity contribution in [3.63, 3.8) is 0 Å². The van der Waals surface area contributed by atoms with Gasteiger partial charge in [0, 0.05) is 23.6 Å². The van der Waals surface area contributed by atoms with Crippen LogP contribution in [-0.4, -0.2) is 35.1 Å². The van der Waals surface area contributed by atoms with Gasteiger partial charge in [0.05, 0.1) is 17.1 Å². The van der Waals surface area contributed by atoms with E-state index >= 15 is 0 Å². The van der Waals surface area contributed by atoms with Crippen LogP contribution < -0.4 is 9.80 Å². The quantitative estimate of drug-likeness (QED) is 0.187. The number of halogens is 2. The van der Waals surface area contributed by atoms with Crippen LogP contribution in [0.15, 0.2) is 114 Å². The fourth-order valence-corrected chi connectivity index (χ4v) is 5.14. The standard InChI is InChI=1S/C33H24F2N4O3/c34-23-13-11-21(12-14-23)30(36-18-17-22-20-37-28-16-15-24(35)19-27(22)28)29-31(40)38(25-7-3-1-4-8-25)33(42)39(32(29)41)26-9-5-2-6-10-26/h1-16,19-20,29,37H,17-18H2. The molecule has 42 heavy (non-hydrogen) atoms. The molecule has 2 heterocycles. The minimum absolute atomic E-state index is 0.102.